The number of hydroxylamine groups is 2. The Morgan fingerprint density at radius 2 is 1.79 bits per heavy atom. The molecule has 1 amide bonds. The molecule has 0 bridgehead atoms. The van der Waals surface area contributed by atoms with Crippen LogP contribution in [0.2, 0.25) is 0 Å². The quantitative estimate of drug-likeness (QED) is 0.303. The Balaban J connectivity index is 1.68. The summed E-state index contributed by atoms with van der Waals surface area (Å²) in [5.74, 6) is 0.184. The van der Waals surface area contributed by atoms with Crippen LogP contribution in [0, 0.1) is 11.3 Å². The topological polar surface area (TPSA) is 132 Å². The van der Waals surface area contributed by atoms with Crippen molar-refractivity contribution in [1.29, 1.82) is 5.26 Å². The first-order valence-electron chi connectivity index (χ1n) is 8.65. The molecule has 0 saturated carbocycles. The van der Waals surface area contributed by atoms with Crippen LogP contribution in [0.5, 0.6) is 11.6 Å². The third-order valence-corrected chi connectivity index (χ3v) is 4.37. The minimum atomic E-state index is -0.898. The van der Waals surface area contributed by atoms with Gasteiger partial charge < -0.3 is 14.8 Å². The highest BCUT2D eigenvalue weighted by molar-refractivity contribution is 5.64. The van der Waals surface area contributed by atoms with E-state index in [1.807, 2.05) is 24.3 Å². The maximum atomic E-state index is 11.7. The van der Waals surface area contributed by atoms with E-state index < -0.39 is 11.7 Å². The van der Waals surface area contributed by atoms with Crippen LogP contribution in [0.15, 0.2) is 59.5 Å². The largest absolute Gasteiger partial charge is 0.493 e. The minimum absolute atomic E-state index is 0.109. The van der Waals surface area contributed by atoms with Crippen molar-refractivity contribution in [2.24, 2.45) is 0 Å². The van der Waals surface area contributed by atoms with Crippen LogP contribution in [0.1, 0.15) is 5.56 Å². The first-order chi connectivity index (χ1) is 14.0. The van der Waals surface area contributed by atoms with Crippen LogP contribution in [0.4, 0.5) is 0 Å². The Morgan fingerprint density at radius 1 is 1.17 bits per heavy atom. The number of nitrogens with zero attached hydrogens (tertiary/aromatic N) is 3. The van der Waals surface area contributed by atoms with E-state index in [1.165, 1.54) is 0 Å². The van der Waals surface area contributed by atoms with Gasteiger partial charge in [-0.05, 0) is 35.4 Å². The lowest BCUT2D eigenvalue weighted by Gasteiger charge is -2.23. The summed E-state index contributed by atoms with van der Waals surface area (Å²) in [7, 11) is 0. The summed E-state index contributed by atoms with van der Waals surface area (Å²) in [4.78, 5) is 24.9. The summed E-state index contributed by atoms with van der Waals surface area (Å²) in [6.45, 7) is -0.269. The lowest BCUT2D eigenvalue weighted by atomic mass is 10.0. The Morgan fingerprint density at radius 3 is 2.31 bits per heavy atom. The van der Waals surface area contributed by atoms with Crippen molar-refractivity contribution in [2.75, 3.05) is 6.61 Å². The zero-order valence-corrected chi connectivity index (χ0v) is 15.2. The fourth-order valence-electron chi connectivity index (χ4n) is 2.75. The van der Waals surface area contributed by atoms with Crippen molar-refractivity contribution < 1.29 is 19.8 Å². The fourth-order valence-corrected chi connectivity index (χ4v) is 2.75. The number of carbonyl (C=O) groups is 1. The highest BCUT2D eigenvalue weighted by Crippen LogP contribution is 2.23. The lowest BCUT2D eigenvalue weighted by molar-refractivity contribution is -0.164. The number of aromatic hydroxyl groups is 1. The number of amides is 1. The van der Waals surface area contributed by atoms with Crippen LogP contribution in [-0.4, -0.2) is 44.0 Å². The molecule has 148 valence electrons. The molecule has 3 rings (SSSR count). The van der Waals surface area contributed by atoms with Crippen molar-refractivity contribution in [1.82, 2.24) is 14.6 Å². The zero-order valence-electron chi connectivity index (χ0n) is 15.2. The van der Waals surface area contributed by atoms with Crippen LogP contribution in [-0.2, 0) is 11.3 Å². The number of hydrogen-bond donors (Lipinski definition) is 3. The molecule has 1 atom stereocenters. The van der Waals surface area contributed by atoms with E-state index in [9.17, 15) is 19.9 Å². The average molecular weight is 394 g/mol. The smallest absolute Gasteiger partial charge is 0.328 e. The van der Waals surface area contributed by atoms with Gasteiger partial charge in [0.15, 0.2) is 0 Å². The Kier molecular flexibility index (Phi) is 5.97. The van der Waals surface area contributed by atoms with Gasteiger partial charge in [0.05, 0.1) is 24.4 Å². The Hall–Kier alpha value is -4.03. The number of rotatable bonds is 8. The SMILES string of the molecule is N#Cc1ccc(-c2ccc(OCC(Cn3c(O)c[nH]c3=O)N(O)C=O)cc2)cc1. The van der Waals surface area contributed by atoms with E-state index in [1.54, 1.807) is 24.3 Å². The maximum Gasteiger partial charge on any atom is 0.328 e. The molecule has 3 N–H and O–H groups in total. The van der Waals surface area contributed by atoms with Crippen LogP contribution in [0.25, 0.3) is 11.1 Å². The van der Waals surface area contributed by atoms with Gasteiger partial charge in [0, 0.05) is 0 Å². The molecule has 0 aliphatic heterocycles. The monoisotopic (exact) mass is 394 g/mol. The molecule has 1 heterocycles. The van der Waals surface area contributed by atoms with Crippen LogP contribution < -0.4 is 10.4 Å². The number of aromatic nitrogens is 2. The fraction of sp³-hybridized carbons (Fsp3) is 0.150. The maximum absolute atomic E-state index is 11.7. The van der Waals surface area contributed by atoms with Gasteiger partial charge in [0.2, 0.25) is 12.3 Å². The Labute approximate surface area is 165 Å². The van der Waals surface area contributed by atoms with Crippen molar-refractivity contribution in [3.63, 3.8) is 0 Å². The summed E-state index contributed by atoms with van der Waals surface area (Å²) in [6.07, 6.45) is 1.32. The summed E-state index contributed by atoms with van der Waals surface area (Å²) in [5, 5.41) is 28.7. The van der Waals surface area contributed by atoms with Crippen LogP contribution in [0.3, 0.4) is 0 Å². The number of aromatic amines is 1. The molecule has 0 radical (unpaired) electrons. The zero-order chi connectivity index (χ0) is 20.8. The molecule has 0 aliphatic rings. The molecule has 9 nitrogen and oxygen atoms in total. The van der Waals surface area contributed by atoms with Crippen molar-refractivity contribution in [3.05, 3.63) is 70.8 Å². The van der Waals surface area contributed by atoms with E-state index in [-0.39, 0.29) is 25.4 Å². The number of hydrogen-bond acceptors (Lipinski definition) is 6. The summed E-state index contributed by atoms with van der Waals surface area (Å²) >= 11 is 0. The lowest BCUT2D eigenvalue weighted by Crippen LogP contribution is -2.41. The van der Waals surface area contributed by atoms with E-state index in [0.717, 1.165) is 21.9 Å². The molecule has 0 aliphatic carbocycles. The summed E-state index contributed by atoms with van der Waals surface area (Å²) < 4.78 is 6.62. The molecular formula is C20H18N4O5. The van der Waals surface area contributed by atoms with Crippen molar-refractivity contribution in [3.8, 4) is 28.8 Å². The highest BCUT2D eigenvalue weighted by Gasteiger charge is 2.20. The molecule has 29 heavy (non-hydrogen) atoms. The van der Waals surface area contributed by atoms with Crippen molar-refractivity contribution in [2.45, 2.75) is 12.6 Å². The third-order valence-electron chi connectivity index (χ3n) is 4.37. The molecular weight excluding hydrogens is 376 g/mol. The van der Waals surface area contributed by atoms with Gasteiger partial charge in [-0.3, -0.25) is 14.6 Å². The molecule has 0 fully saturated rings. The second-order valence-electron chi connectivity index (χ2n) is 6.23. The normalized spacial score (nSPS) is 11.4. The predicted molar refractivity (Wildman–Crippen MR) is 102 cm³/mol. The minimum Gasteiger partial charge on any atom is -0.493 e. The molecule has 0 saturated heterocycles. The highest BCUT2D eigenvalue weighted by atomic mass is 16.5. The number of ether oxygens (including phenoxy) is 1. The summed E-state index contributed by atoms with van der Waals surface area (Å²) in [6, 6.07) is 15.5. The molecule has 9 heteroatoms. The van der Waals surface area contributed by atoms with E-state index in [2.05, 4.69) is 11.1 Å². The first-order valence-corrected chi connectivity index (χ1v) is 8.65. The van der Waals surface area contributed by atoms with E-state index >= 15 is 0 Å². The molecule has 3 aromatic rings. The van der Waals surface area contributed by atoms with Gasteiger partial charge in [0.1, 0.15) is 18.4 Å². The molecule has 1 aromatic heterocycles. The predicted octanol–water partition coefficient (Wildman–Crippen LogP) is 1.72. The number of benzene rings is 2. The average Bonchev–Trinajstić information content (AvgIpc) is 3.08. The Bertz CT molecular complexity index is 1060. The standard InChI is InChI=1S/C20H18N4O5/c21-9-14-1-3-15(4-2-14)16-5-7-18(8-6-16)29-12-17(24(28)13-25)11-23-19(26)10-22-20(23)27/h1-8,10,13,17,26,28H,11-12H2,(H,22,27). The van der Waals surface area contributed by atoms with Gasteiger partial charge in [-0.1, -0.05) is 24.3 Å². The van der Waals surface area contributed by atoms with Gasteiger partial charge in [0.25, 0.3) is 0 Å². The van der Waals surface area contributed by atoms with Crippen molar-refractivity contribution >= 4 is 6.41 Å². The second kappa shape index (κ2) is 8.77. The van der Waals surface area contributed by atoms with Gasteiger partial charge in [-0.15, -0.1) is 0 Å². The van der Waals surface area contributed by atoms with Gasteiger partial charge in [-0.2, -0.15) is 5.26 Å². The summed E-state index contributed by atoms with van der Waals surface area (Å²) in [5.41, 5.74) is 1.88. The number of carbonyl (C=O) groups excluding carboxylic acids is 1. The van der Waals surface area contributed by atoms with E-state index in [4.69, 9.17) is 10.00 Å². The number of nitrogens with one attached hydrogen (secondary N) is 1. The first kappa shape index (κ1) is 19.7. The van der Waals surface area contributed by atoms with Gasteiger partial charge >= 0.3 is 5.69 Å². The number of imidazole rings is 1. The second-order valence-corrected chi connectivity index (χ2v) is 6.23. The number of nitriles is 1. The van der Waals surface area contributed by atoms with Gasteiger partial charge in [-0.25, -0.2) is 9.86 Å². The van der Waals surface area contributed by atoms with Crippen LogP contribution >= 0.6 is 0 Å². The molecule has 1 unspecified atom stereocenters. The third kappa shape index (κ3) is 4.63. The molecule has 2 aromatic carbocycles. The van der Waals surface area contributed by atoms with E-state index in [0.29, 0.717) is 16.4 Å². The number of H-pyrrole nitrogens is 1. The molecule has 0 spiro atoms.